The fourth-order valence-corrected chi connectivity index (χ4v) is 2.95. The van der Waals surface area contributed by atoms with E-state index in [2.05, 4.69) is 0 Å². The van der Waals surface area contributed by atoms with Gasteiger partial charge in [0, 0.05) is 23.0 Å². The molecule has 1 aromatic rings. The van der Waals surface area contributed by atoms with Crippen LogP contribution in [0, 0.1) is 5.92 Å². The maximum atomic E-state index is 12.0. The Morgan fingerprint density at radius 1 is 1.42 bits per heavy atom. The van der Waals surface area contributed by atoms with Gasteiger partial charge in [-0.05, 0) is 43.1 Å². The largest absolute Gasteiger partial charge is 0.342 e. The smallest absolute Gasteiger partial charge is 0.232 e. The Kier molecular flexibility index (Phi) is 7.00. The summed E-state index contributed by atoms with van der Waals surface area (Å²) in [5, 5.41) is 0.719. The van der Waals surface area contributed by atoms with Gasteiger partial charge in [-0.15, -0.1) is 24.2 Å². The zero-order chi connectivity index (χ0) is 13.0. The van der Waals surface area contributed by atoms with Gasteiger partial charge in [0.05, 0.1) is 5.75 Å². The van der Waals surface area contributed by atoms with Crippen molar-refractivity contribution in [3.8, 4) is 0 Å². The first kappa shape index (κ1) is 16.6. The lowest BCUT2D eigenvalue weighted by molar-refractivity contribution is -0.127. The molecule has 2 N–H and O–H groups in total. The van der Waals surface area contributed by atoms with Gasteiger partial charge >= 0.3 is 0 Å². The Bertz CT molecular complexity index is 414. The molecule has 0 radical (unpaired) electrons. The van der Waals surface area contributed by atoms with Gasteiger partial charge in [0.1, 0.15) is 0 Å². The van der Waals surface area contributed by atoms with E-state index in [1.54, 1.807) is 11.8 Å². The number of likely N-dealkylation sites (tertiary alicyclic amines) is 1. The number of carbonyl (C=O) groups is 1. The lowest BCUT2D eigenvalue weighted by atomic mass is 10.1. The number of rotatable bonds is 4. The van der Waals surface area contributed by atoms with E-state index in [1.807, 2.05) is 29.2 Å². The van der Waals surface area contributed by atoms with Crippen molar-refractivity contribution < 1.29 is 4.79 Å². The fraction of sp³-hybridized carbons (Fsp3) is 0.462. The number of halogens is 2. The number of hydrogen-bond acceptors (Lipinski definition) is 3. The summed E-state index contributed by atoms with van der Waals surface area (Å²) in [5.41, 5.74) is 5.62. The molecule has 1 unspecified atom stereocenters. The third-order valence-electron chi connectivity index (χ3n) is 3.15. The molecule has 1 fully saturated rings. The Balaban J connectivity index is 0.00000180. The highest BCUT2D eigenvalue weighted by molar-refractivity contribution is 8.00. The van der Waals surface area contributed by atoms with Gasteiger partial charge in [0.2, 0.25) is 5.91 Å². The zero-order valence-corrected chi connectivity index (χ0v) is 12.9. The van der Waals surface area contributed by atoms with Crippen LogP contribution in [0.25, 0.3) is 0 Å². The van der Waals surface area contributed by atoms with Crippen LogP contribution in [0.3, 0.4) is 0 Å². The van der Waals surface area contributed by atoms with Crippen molar-refractivity contribution in [3.63, 3.8) is 0 Å². The molecule has 1 aliphatic rings. The van der Waals surface area contributed by atoms with Crippen molar-refractivity contribution in [3.05, 3.63) is 29.3 Å². The number of benzene rings is 1. The van der Waals surface area contributed by atoms with Gasteiger partial charge in [0.25, 0.3) is 0 Å². The molecule has 3 nitrogen and oxygen atoms in total. The number of nitrogens with two attached hydrogens (primary N) is 1. The highest BCUT2D eigenvalue weighted by Crippen LogP contribution is 2.22. The lowest BCUT2D eigenvalue weighted by Gasteiger charge is -2.15. The van der Waals surface area contributed by atoms with E-state index in [4.69, 9.17) is 17.3 Å². The van der Waals surface area contributed by atoms with Gasteiger partial charge in [-0.1, -0.05) is 11.6 Å². The molecule has 1 aliphatic heterocycles. The highest BCUT2D eigenvalue weighted by Gasteiger charge is 2.24. The molecule has 106 valence electrons. The number of nitrogens with zero attached hydrogens (tertiary/aromatic N) is 1. The average molecular weight is 321 g/mol. The molecule has 1 atom stereocenters. The topological polar surface area (TPSA) is 46.3 Å². The Hall–Kier alpha value is -0.420. The molecule has 1 amide bonds. The molecule has 0 aliphatic carbocycles. The van der Waals surface area contributed by atoms with Gasteiger partial charge in [0.15, 0.2) is 0 Å². The monoisotopic (exact) mass is 320 g/mol. The minimum Gasteiger partial charge on any atom is -0.342 e. The summed E-state index contributed by atoms with van der Waals surface area (Å²) >= 11 is 7.37. The molecule has 2 rings (SSSR count). The maximum absolute atomic E-state index is 12.0. The summed E-state index contributed by atoms with van der Waals surface area (Å²) in [6, 6.07) is 7.56. The van der Waals surface area contributed by atoms with Crippen LogP contribution >= 0.6 is 35.8 Å². The molecule has 1 saturated heterocycles. The molecule has 1 aromatic carbocycles. The van der Waals surface area contributed by atoms with E-state index < -0.39 is 0 Å². The van der Waals surface area contributed by atoms with Crippen LogP contribution in [0.5, 0.6) is 0 Å². The first-order chi connectivity index (χ1) is 8.69. The normalized spacial score (nSPS) is 18.2. The summed E-state index contributed by atoms with van der Waals surface area (Å²) in [6.45, 7) is 2.34. The van der Waals surface area contributed by atoms with Crippen molar-refractivity contribution in [2.75, 3.05) is 25.4 Å². The highest BCUT2D eigenvalue weighted by atomic mass is 35.5. The van der Waals surface area contributed by atoms with Crippen molar-refractivity contribution in [1.29, 1.82) is 0 Å². The van der Waals surface area contributed by atoms with Crippen LogP contribution in [-0.2, 0) is 4.79 Å². The Morgan fingerprint density at radius 2 is 2.11 bits per heavy atom. The lowest BCUT2D eigenvalue weighted by Crippen LogP contribution is -2.31. The second-order valence-corrected chi connectivity index (χ2v) is 5.96. The third kappa shape index (κ3) is 4.88. The molecule has 1 heterocycles. The van der Waals surface area contributed by atoms with Crippen LogP contribution in [0.2, 0.25) is 5.02 Å². The van der Waals surface area contributed by atoms with E-state index >= 15 is 0 Å². The van der Waals surface area contributed by atoms with Crippen molar-refractivity contribution in [1.82, 2.24) is 4.90 Å². The fourth-order valence-electron chi connectivity index (χ4n) is 2.02. The molecule has 6 heteroatoms. The summed E-state index contributed by atoms with van der Waals surface area (Å²) in [5.74, 6) is 1.17. The second kappa shape index (κ2) is 8.00. The number of thioether (sulfide) groups is 1. The Labute approximate surface area is 129 Å². The van der Waals surface area contributed by atoms with Gasteiger partial charge in [-0.2, -0.15) is 0 Å². The Morgan fingerprint density at radius 3 is 2.68 bits per heavy atom. The van der Waals surface area contributed by atoms with Crippen LogP contribution in [0.15, 0.2) is 29.2 Å². The van der Waals surface area contributed by atoms with Gasteiger partial charge in [-0.3, -0.25) is 4.79 Å². The zero-order valence-electron chi connectivity index (χ0n) is 10.5. The van der Waals surface area contributed by atoms with E-state index in [1.165, 1.54) is 0 Å². The summed E-state index contributed by atoms with van der Waals surface area (Å²) < 4.78 is 0. The van der Waals surface area contributed by atoms with Crippen molar-refractivity contribution in [2.24, 2.45) is 11.7 Å². The van der Waals surface area contributed by atoms with Gasteiger partial charge in [-0.25, -0.2) is 0 Å². The van der Waals surface area contributed by atoms with Crippen LogP contribution < -0.4 is 5.73 Å². The first-order valence-corrected chi connectivity index (χ1v) is 7.41. The standard InChI is InChI=1S/C13H17ClN2OS.ClH/c14-11-1-3-12(4-2-11)18-9-13(17)16-6-5-10(7-15)8-16;/h1-4,10H,5-9,15H2;1H. The molecule has 0 spiro atoms. The van der Waals surface area contributed by atoms with E-state index in [9.17, 15) is 4.79 Å². The summed E-state index contributed by atoms with van der Waals surface area (Å²) in [6.07, 6.45) is 1.04. The average Bonchev–Trinajstić information content (AvgIpc) is 2.86. The van der Waals surface area contributed by atoms with Crippen molar-refractivity contribution in [2.45, 2.75) is 11.3 Å². The number of amides is 1. The quantitative estimate of drug-likeness (QED) is 0.867. The minimum atomic E-state index is 0. The SMILES string of the molecule is Cl.NCC1CCN(C(=O)CSc2ccc(Cl)cc2)C1. The van der Waals surface area contributed by atoms with Crippen LogP contribution in [-0.4, -0.2) is 36.2 Å². The third-order valence-corrected chi connectivity index (χ3v) is 4.40. The molecule has 0 bridgehead atoms. The van der Waals surface area contributed by atoms with Gasteiger partial charge < -0.3 is 10.6 Å². The molecular weight excluding hydrogens is 303 g/mol. The minimum absolute atomic E-state index is 0. The van der Waals surface area contributed by atoms with Crippen LogP contribution in [0.1, 0.15) is 6.42 Å². The predicted molar refractivity (Wildman–Crippen MR) is 83.2 cm³/mol. The summed E-state index contributed by atoms with van der Waals surface area (Å²) in [4.78, 5) is 15.0. The maximum Gasteiger partial charge on any atom is 0.232 e. The predicted octanol–water partition coefficient (Wildman–Crippen LogP) is 2.66. The van der Waals surface area contributed by atoms with Crippen LogP contribution in [0.4, 0.5) is 0 Å². The molecule has 0 saturated carbocycles. The summed E-state index contributed by atoms with van der Waals surface area (Å²) in [7, 11) is 0. The van der Waals surface area contributed by atoms with Crippen molar-refractivity contribution >= 4 is 41.7 Å². The van der Waals surface area contributed by atoms with E-state index in [0.717, 1.165) is 29.4 Å². The second-order valence-electron chi connectivity index (χ2n) is 4.47. The number of hydrogen-bond donors (Lipinski definition) is 1. The number of carbonyl (C=O) groups excluding carboxylic acids is 1. The molecule has 19 heavy (non-hydrogen) atoms. The molecular formula is C13H18Cl2N2OS. The molecule has 0 aromatic heterocycles. The first-order valence-electron chi connectivity index (χ1n) is 6.05. The van der Waals surface area contributed by atoms with E-state index in [-0.39, 0.29) is 18.3 Å². The van der Waals surface area contributed by atoms with E-state index in [0.29, 0.717) is 18.2 Å².